The van der Waals surface area contributed by atoms with Crippen LogP contribution in [0.25, 0.3) is 0 Å². The molecule has 1 aliphatic heterocycles. The third kappa shape index (κ3) is 4.73. The van der Waals surface area contributed by atoms with Crippen molar-refractivity contribution in [3.05, 3.63) is 0 Å². The van der Waals surface area contributed by atoms with Crippen molar-refractivity contribution >= 4 is 11.8 Å². The Hall–Kier alpha value is 0.350. The van der Waals surface area contributed by atoms with Gasteiger partial charge in [0.05, 0.1) is 0 Å². The minimum atomic E-state index is 0.886. The van der Waals surface area contributed by atoms with E-state index in [1.165, 1.54) is 25.0 Å². The summed E-state index contributed by atoms with van der Waals surface area (Å²) in [6.07, 6.45) is 4.34. The van der Waals surface area contributed by atoms with Crippen molar-refractivity contribution < 1.29 is 0 Å². The minimum absolute atomic E-state index is 0.886. The lowest BCUT2D eigenvalue weighted by Crippen LogP contribution is -2.01. The molecular weight excluding hydrogens is 152 g/mol. The number of thioether (sulfide) groups is 1. The molecule has 0 nitrogen and oxygen atoms in total. The summed E-state index contributed by atoms with van der Waals surface area (Å²) in [6, 6.07) is 0. The molecule has 0 aliphatic carbocycles. The van der Waals surface area contributed by atoms with Gasteiger partial charge in [-0.2, -0.15) is 11.8 Å². The Kier molecular flexibility index (Phi) is 3.77. The van der Waals surface area contributed by atoms with Crippen molar-refractivity contribution in [2.45, 2.75) is 45.3 Å². The highest BCUT2D eigenvalue weighted by atomic mass is 32.2. The monoisotopic (exact) mass is 172 g/mol. The Morgan fingerprint density at radius 3 is 2.45 bits per heavy atom. The van der Waals surface area contributed by atoms with E-state index in [0.29, 0.717) is 0 Å². The molecule has 0 saturated carbocycles. The van der Waals surface area contributed by atoms with E-state index in [-0.39, 0.29) is 0 Å². The van der Waals surface area contributed by atoms with Crippen LogP contribution in [0.5, 0.6) is 0 Å². The number of hydrogen-bond donors (Lipinski definition) is 0. The molecule has 0 aromatic rings. The van der Waals surface area contributed by atoms with Gasteiger partial charge in [-0.15, -0.1) is 0 Å². The van der Waals surface area contributed by atoms with Crippen LogP contribution >= 0.6 is 11.8 Å². The lowest BCUT2D eigenvalue weighted by atomic mass is 9.94. The van der Waals surface area contributed by atoms with Gasteiger partial charge in [0.25, 0.3) is 0 Å². The van der Waals surface area contributed by atoms with Gasteiger partial charge in [0.15, 0.2) is 0 Å². The summed E-state index contributed by atoms with van der Waals surface area (Å²) >= 11 is 2.13. The molecule has 1 heterocycles. The molecule has 1 rings (SSSR count). The standard InChI is InChI=1S/C10H20S/c1-8(2)6-9(3)4-5-10-7-11-10/h8-10H,4-7H2,1-3H3. The maximum atomic E-state index is 2.40. The summed E-state index contributed by atoms with van der Waals surface area (Å²) in [5.74, 6) is 3.28. The quantitative estimate of drug-likeness (QED) is 0.571. The molecule has 0 radical (unpaired) electrons. The molecule has 0 bridgehead atoms. The summed E-state index contributed by atoms with van der Waals surface area (Å²) in [6.45, 7) is 7.04. The second-order valence-electron chi connectivity index (χ2n) is 4.27. The number of hydrogen-bond acceptors (Lipinski definition) is 1. The van der Waals surface area contributed by atoms with Crippen LogP contribution in [-0.2, 0) is 0 Å². The van der Waals surface area contributed by atoms with Crippen molar-refractivity contribution in [2.75, 3.05) is 5.75 Å². The highest BCUT2D eigenvalue weighted by Gasteiger charge is 2.22. The van der Waals surface area contributed by atoms with E-state index in [0.717, 1.165) is 17.1 Å². The maximum Gasteiger partial charge on any atom is 0.0138 e. The van der Waals surface area contributed by atoms with Crippen LogP contribution in [0.2, 0.25) is 0 Å². The Labute approximate surface area is 75.1 Å². The fourth-order valence-corrected chi connectivity index (χ4v) is 2.23. The molecule has 0 amide bonds. The predicted molar refractivity (Wildman–Crippen MR) is 54.1 cm³/mol. The predicted octanol–water partition coefficient (Wildman–Crippen LogP) is 3.56. The second kappa shape index (κ2) is 4.39. The van der Waals surface area contributed by atoms with E-state index in [9.17, 15) is 0 Å². The van der Waals surface area contributed by atoms with E-state index in [2.05, 4.69) is 32.5 Å². The van der Waals surface area contributed by atoms with E-state index < -0.39 is 0 Å². The fraction of sp³-hybridized carbons (Fsp3) is 1.00. The topological polar surface area (TPSA) is 0 Å². The zero-order valence-electron chi connectivity index (χ0n) is 7.97. The first-order valence-electron chi connectivity index (χ1n) is 4.80. The fourth-order valence-electron chi connectivity index (χ4n) is 1.63. The lowest BCUT2D eigenvalue weighted by molar-refractivity contribution is 0.408. The van der Waals surface area contributed by atoms with Gasteiger partial charge in [0.1, 0.15) is 0 Å². The molecule has 0 N–H and O–H groups in total. The van der Waals surface area contributed by atoms with Crippen molar-refractivity contribution in [2.24, 2.45) is 11.8 Å². The van der Waals surface area contributed by atoms with Crippen LogP contribution in [-0.4, -0.2) is 11.0 Å². The summed E-state index contributed by atoms with van der Waals surface area (Å²) in [4.78, 5) is 0. The number of rotatable bonds is 5. The summed E-state index contributed by atoms with van der Waals surface area (Å²) in [5.41, 5.74) is 0. The zero-order chi connectivity index (χ0) is 8.27. The Morgan fingerprint density at radius 2 is 2.00 bits per heavy atom. The molecule has 1 saturated heterocycles. The molecule has 2 unspecified atom stereocenters. The maximum absolute atomic E-state index is 2.40. The molecule has 1 aliphatic rings. The Balaban J connectivity index is 1.95. The van der Waals surface area contributed by atoms with Gasteiger partial charge in [-0.05, 0) is 31.1 Å². The summed E-state index contributed by atoms with van der Waals surface area (Å²) in [7, 11) is 0. The molecule has 0 aromatic heterocycles. The largest absolute Gasteiger partial charge is 0.157 e. The molecule has 1 fully saturated rings. The molecule has 11 heavy (non-hydrogen) atoms. The van der Waals surface area contributed by atoms with Crippen molar-refractivity contribution in [3.8, 4) is 0 Å². The molecule has 0 spiro atoms. The highest BCUT2D eigenvalue weighted by Crippen LogP contribution is 2.35. The van der Waals surface area contributed by atoms with E-state index in [4.69, 9.17) is 0 Å². The smallest absolute Gasteiger partial charge is 0.0138 e. The average Bonchev–Trinajstić information content (AvgIpc) is 2.63. The van der Waals surface area contributed by atoms with Crippen molar-refractivity contribution in [1.29, 1.82) is 0 Å². The SMILES string of the molecule is CC(C)CC(C)CCC1CS1. The van der Waals surface area contributed by atoms with Crippen LogP contribution in [0.15, 0.2) is 0 Å². The average molecular weight is 172 g/mol. The molecule has 0 aromatic carbocycles. The van der Waals surface area contributed by atoms with Gasteiger partial charge in [-0.3, -0.25) is 0 Å². The van der Waals surface area contributed by atoms with Gasteiger partial charge in [-0.25, -0.2) is 0 Å². The first-order valence-corrected chi connectivity index (χ1v) is 5.85. The van der Waals surface area contributed by atoms with Gasteiger partial charge in [0, 0.05) is 11.0 Å². The van der Waals surface area contributed by atoms with Crippen molar-refractivity contribution in [3.63, 3.8) is 0 Å². The van der Waals surface area contributed by atoms with Crippen molar-refractivity contribution in [1.82, 2.24) is 0 Å². The first-order chi connectivity index (χ1) is 5.18. The first kappa shape index (κ1) is 9.44. The Morgan fingerprint density at radius 1 is 1.36 bits per heavy atom. The third-order valence-corrected chi connectivity index (χ3v) is 3.30. The normalized spacial score (nSPS) is 25.6. The lowest BCUT2D eigenvalue weighted by Gasteiger charge is -2.12. The van der Waals surface area contributed by atoms with Crippen LogP contribution in [0.1, 0.15) is 40.0 Å². The molecular formula is C10H20S. The van der Waals surface area contributed by atoms with Gasteiger partial charge >= 0.3 is 0 Å². The van der Waals surface area contributed by atoms with Gasteiger partial charge in [-0.1, -0.05) is 20.8 Å². The van der Waals surface area contributed by atoms with Crippen LogP contribution in [0.4, 0.5) is 0 Å². The second-order valence-corrected chi connectivity index (χ2v) is 5.60. The van der Waals surface area contributed by atoms with Gasteiger partial charge in [0.2, 0.25) is 0 Å². The van der Waals surface area contributed by atoms with E-state index >= 15 is 0 Å². The summed E-state index contributed by atoms with van der Waals surface area (Å²) in [5, 5.41) is 1.05. The van der Waals surface area contributed by atoms with Crippen LogP contribution in [0.3, 0.4) is 0 Å². The highest BCUT2D eigenvalue weighted by molar-refractivity contribution is 8.06. The van der Waals surface area contributed by atoms with Crippen LogP contribution < -0.4 is 0 Å². The third-order valence-electron chi connectivity index (χ3n) is 2.26. The van der Waals surface area contributed by atoms with E-state index in [1.54, 1.807) is 0 Å². The summed E-state index contributed by atoms with van der Waals surface area (Å²) < 4.78 is 0. The molecule has 1 heteroatoms. The van der Waals surface area contributed by atoms with E-state index in [1.807, 2.05) is 0 Å². The van der Waals surface area contributed by atoms with Crippen LogP contribution in [0, 0.1) is 11.8 Å². The minimum Gasteiger partial charge on any atom is -0.157 e. The molecule has 2 atom stereocenters. The molecule has 66 valence electrons. The zero-order valence-corrected chi connectivity index (χ0v) is 8.79. The Bertz CT molecular complexity index is 105. The van der Waals surface area contributed by atoms with Gasteiger partial charge < -0.3 is 0 Å².